The zero-order valence-electron chi connectivity index (χ0n) is 15.7. The van der Waals surface area contributed by atoms with Crippen molar-refractivity contribution in [3.05, 3.63) is 30.1 Å². The molecule has 0 saturated heterocycles. The number of nitrogens with one attached hydrogen (secondary N) is 1. The van der Waals surface area contributed by atoms with Crippen LogP contribution in [0.5, 0.6) is 0 Å². The highest BCUT2D eigenvalue weighted by molar-refractivity contribution is 5.77. The van der Waals surface area contributed by atoms with Gasteiger partial charge in [0.1, 0.15) is 5.82 Å². The molecule has 4 fully saturated rings. The Balaban J connectivity index is 1.20. The fourth-order valence-corrected chi connectivity index (χ4v) is 6.69. The Morgan fingerprint density at radius 3 is 2.50 bits per heavy atom. The molecule has 26 heavy (non-hydrogen) atoms. The van der Waals surface area contributed by atoms with Crippen LogP contribution in [0.15, 0.2) is 24.3 Å². The molecule has 0 aliphatic heterocycles. The molecule has 1 amide bonds. The Labute approximate surface area is 155 Å². The van der Waals surface area contributed by atoms with E-state index in [1.807, 2.05) is 25.1 Å². The van der Waals surface area contributed by atoms with Crippen molar-refractivity contribution in [1.82, 2.24) is 14.9 Å². The molecule has 1 aromatic carbocycles. The summed E-state index contributed by atoms with van der Waals surface area (Å²) in [5, 5.41) is 3.20. The normalized spacial score (nSPS) is 32.3. The molecule has 4 bridgehead atoms. The predicted molar refractivity (Wildman–Crippen MR) is 103 cm³/mol. The summed E-state index contributed by atoms with van der Waals surface area (Å²) in [6.07, 6.45) is 8.97. The Kier molecular flexibility index (Phi) is 3.84. The number of rotatable bonds is 5. The van der Waals surface area contributed by atoms with E-state index in [0.717, 1.165) is 47.6 Å². The fraction of sp³-hybridized carbons (Fsp3) is 0.636. The molecule has 1 heterocycles. The first kappa shape index (κ1) is 16.3. The van der Waals surface area contributed by atoms with Crippen molar-refractivity contribution in [3.8, 4) is 0 Å². The summed E-state index contributed by atoms with van der Waals surface area (Å²) >= 11 is 0. The zero-order valence-corrected chi connectivity index (χ0v) is 15.7. The van der Waals surface area contributed by atoms with Gasteiger partial charge in [-0.2, -0.15) is 0 Å². The van der Waals surface area contributed by atoms with Crippen molar-refractivity contribution < 1.29 is 4.79 Å². The van der Waals surface area contributed by atoms with Crippen LogP contribution in [0.1, 0.15) is 50.8 Å². The number of imidazole rings is 1. The number of carbonyl (C=O) groups is 1. The van der Waals surface area contributed by atoms with Gasteiger partial charge in [0.25, 0.3) is 0 Å². The molecule has 138 valence electrons. The molecule has 4 heteroatoms. The summed E-state index contributed by atoms with van der Waals surface area (Å²) in [6.45, 7) is 3.52. The van der Waals surface area contributed by atoms with Crippen LogP contribution in [0.3, 0.4) is 0 Å². The van der Waals surface area contributed by atoms with Crippen LogP contribution < -0.4 is 5.32 Å². The van der Waals surface area contributed by atoms with Crippen LogP contribution in [-0.4, -0.2) is 22.0 Å². The van der Waals surface area contributed by atoms with Crippen molar-refractivity contribution in [1.29, 1.82) is 0 Å². The lowest BCUT2D eigenvalue weighted by Gasteiger charge is -2.56. The minimum atomic E-state index is 0.258. The SMILES string of the molecule is Cc1nc2ccccc2n1CCNC(=O)CC12CC3CC(CC(C3)C1)C2. The van der Waals surface area contributed by atoms with Gasteiger partial charge in [0.05, 0.1) is 11.0 Å². The average Bonchev–Trinajstić information content (AvgIpc) is 2.89. The maximum atomic E-state index is 12.7. The number of aromatic nitrogens is 2. The molecule has 1 aromatic heterocycles. The van der Waals surface area contributed by atoms with Gasteiger partial charge >= 0.3 is 0 Å². The second-order valence-corrected chi connectivity index (χ2v) is 9.24. The number of aryl methyl sites for hydroxylation is 1. The molecule has 2 aromatic rings. The van der Waals surface area contributed by atoms with Gasteiger partial charge in [0.2, 0.25) is 5.91 Å². The standard InChI is InChI=1S/C22H29N3O/c1-15-24-19-4-2-3-5-20(19)25(15)7-6-23-21(26)14-22-11-16-8-17(12-22)10-18(9-16)13-22/h2-5,16-18H,6-14H2,1H3,(H,23,26). The molecule has 0 atom stereocenters. The Morgan fingerprint density at radius 2 is 1.81 bits per heavy atom. The van der Waals surface area contributed by atoms with Gasteiger partial charge in [-0.25, -0.2) is 4.98 Å². The van der Waals surface area contributed by atoms with Crippen molar-refractivity contribution in [3.63, 3.8) is 0 Å². The molecular weight excluding hydrogens is 322 g/mol. The third-order valence-electron chi connectivity index (χ3n) is 7.20. The molecule has 0 unspecified atom stereocenters. The van der Waals surface area contributed by atoms with Crippen LogP contribution in [0.4, 0.5) is 0 Å². The van der Waals surface area contributed by atoms with Crippen LogP contribution in [0, 0.1) is 30.1 Å². The van der Waals surface area contributed by atoms with E-state index in [-0.39, 0.29) is 5.91 Å². The average molecular weight is 351 g/mol. The van der Waals surface area contributed by atoms with E-state index in [1.165, 1.54) is 38.5 Å². The lowest BCUT2D eigenvalue weighted by molar-refractivity contribution is -0.129. The molecular formula is C22H29N3O. The third-order valence-corrected chi connectivity index (χ3v) is 7.20. The Morgan fingerprint density at radius 1 is 1.15 bits per heavy atom. The summed E-state index contributed by atoms with van der Waals surface area (Å²) < 4.78 is 2.21. The number of fused-ring (bicyclic) bond motifs is 1. The summed E-state index contributed by atoms with van der Waals surface area (Å²) in [5.74, 6) is 4.01. The van der Waals surface area contributed by atoms with Gasteiger partial charge < -0.3 is 9.88 Å². The number of carbonyl (C=O) groups excluding carboxylic acids is 1. The molecule has 1 N–H and O–H groups in total. The lowest BCUT2D eigenvalue weighted by atomic mass is 9.49. The van der Waals surface area contributed by atoms with Gasteiger partial charge in [-0.15, -0.1) is 0 Å². The summed E-state index contributed by atoms with van der Waals surface area (Å²) in [7, 11) is 0. The van der Waals surface area contributed by atoms with Crippen LogP contribution >= 0.6 is 0 Å². The van der Waals surface area contributed by atoms with Gasteiger partial charge in [0, 0.05) is 19.5 Å². The minimum Gasteiger partial charge on any atom is -0.354 e. The summed E-state index contributed by atoms with van der Waals surface area (Å²) in [4.78, 5) is 17.3. The monoisotopic (exact) mass is 351 g/mol. The molecule has 6 rings (SSSR count). The smallest absolute Gasteiger partial charge is 0.220 e. The van der Waals surface area contributed by atoms with Gasteiger partial charge in [-0.05, 0) is 80.8 Å². The zero-order chi connectivity index (χ0) is 17.7. The number of amides is 1. The quantitative estimate of drug-likeness (QED) is 0.883. The Bertz CT molecular complexity index is 802. The lowest BCUT2D eigenvalue weighted by Crippen LogP contribution is -2.48. The van der Waals surface area contributed by atoms with Crippen molar-refractivity contribution in [2.75, 3.05) is 6.54 Å². The Hall–Kier alpha value is -1.84. The highest BCUT2D eigenvalue weighted by Gasteiger charge is 2.51. The largest absolute Gasteiger partial charge is 0.354 e. The molecule has 0 spiro atoms. The highest BCUT2D eigenvalue weighted by Crippen LogP contribution is 2.61. The van der Waals surface area contributed by atoms with E-state index in [1.54, 1.807) is 0 Å². The van der Waals surface area contributed by atoms with E-state index in [2.05, 4.69) is 20.9 Å². The molecule has 4 aliphatic rings. The van der Waals surface area contributed by atoms with Crippen molar-refractivity contribution in [2.24, 2.45) is 23.2 Å². The first-order valence-electron chi connectivity index (χ1n) is 10.3. The van der Waals surface area contributed by atoms with Crippen LogP contribution in [-0.2, 0) is 11.3 Å². The number of nitrogens with zero attached hydrogens (tertiary/aromatic N) is 2. The first-order chi connectivity index (χ1) is 12.6. The van der Waals surface area contributed by atoms with E-state index >= 15 is 0 Å². The first-order valence-corrected chi connectivity index (χ1v) is 10.3. The van der Waals surface area contributed by atoms with E-state index < -0.39 is 0 Å². The fourth-order valence-electron chi connectivity index (χ4n) is 6.69. The summed E-state index contributed by atoms with van der Waals surface area (Å²) in [5.41, 5.74) is 2.52. The van der Waals surface area contributed by atoms with Crippen LogP contribution in [0.2, 0.25) is 0 Å². The van der Waals surface area contributed by atoms with E-state index in [4.69, 9.17) is 0 Å². The number of benzene rings is 1. The highest BCUT2D eigenvalue weighted by atomic mass is 16.1. The molecule has 0 radical (unpaired) electrons. The topological polar surface area (TPSA) is 46.9 Å². The number of para-hydroxylation sites is 2. The molecule has 4 saturated carbocycles. The number of hydrogen-bond acceptors (Lipinski definition) is 2. The third kappa shape index (κ3) is 2.83. The van der Waals surface area contributed by atoms with Gasteiger partial charge in [0.15, 0.2) is 0 Å². The van der Waals surface area contributed by atoms with Gasteiger partial charge in [-0.3, -0.25) is 4.79 Å². The second-order valence-electron chi connectivity index (χ2n) is 9.24. The minimum absolute atomic E-state index is 0.258. The summed E-state index contributed by atoms with van der Waals surface area (Å²) in [6, 6.07) is 8.22. The van der Waals surface area contributed by atoms with Crippen LogP contribution in [0.25, 0.3) is 11.0 Å². The number of hydrogen-bond donors (Lipinski definition) is 1. The van der Waals surface area contributed by atoms with Gasteiger partial charge in [-0.1, -0.05) is 12.1 Å². The second kappa shape index (κ2) is 6.11. The van der Waals surface area contributed by atoms with E-state index in [0.29, 0.717) is 12.0 Å². The van der Waals surface area contributed by atoms with E-state index in [9.17, 15) is 4.79 Å². The predicted octanol–water partition coefficient (Wildman–Crippen LogP) is 4.07. The molecule has 4 nitrogen and oxygen atoms in total. The molecule has 4 aliphatic carbocycles. The maximum Gasteiger partial charge on any atom is 0.220 e. The maximum absolute atomic E-state index is 12.7. The van der Waals surface area contributed by atoms with Crippen molar-refractivity contribution >= 4 is 16.9 Å². The van der Waals surface area contributed by atoms with Crippen molar-refractivity contribution in [2.45, 2.75) is 58.4 Å².